The average molecular weight is 430 g/mol. The molecule has 0 saturated carbocycles. The molecule has 3 heterocycles. The van der Waals surface area contributed by atoms with Gasteiger partial charge in [0.25, 0.3) is 5.89 Å². The van der Waals surface area contributed by atoms with Gasteiger partial charge in [-0.15, -0.1) is 12.4 Å². The van der Waals surface area contributed by atoms with Crippen LogP contribution in [0.15, 0.2) is 33.7 Å². The van der Waals surface area contributed by atoms with Crippen LogP contribution in [0.25, 0.3) is 11.5 Å². The van der Waals surface area contributed by atoms with Gasteiger partial charge in [0.2, 0.25) is 10.0 Å². The van der Waals surface area contributed by atoms with Crippen LogP contribution in [-0.2, 0) is 14.8 Å². The van der Waals surface area contributed by atoms with Gasteiger partial charge in [0.05, 0.1) is 24.2 Å². The number of nitrogens with zero attached hydrogens (tertiary/aromatic N) is 4. The van der Waals surface area contributed by atoms with Gasteiger partial charge >= 0.3 is 0 Å². The van der Waals surface area contributed by atoms with Crippen molar-refractivity contribution in [2.75, 3.05) is 53.0 Å². The Morgan fingerprint density at radius 2 is 1.86 bits per heavy atom. The Labute approximate surface area is 170 Å². The maximum absolute atomic E-state index is 12.7. The highest BCUT2D eigenvalue weighted by atomic mass is 35.5. The van der Waals surface area contributed by atoms with Crippen LogP contribution in [0.5, 0.6) is 0 Å². The molecule has 1 unspecified atom stereocenters. The molecule has 0 bridgehead atoms. The van der Waals surface area contributed by atoms with Crippen LogP contribution in [0.3, 0.4) is 0 Å². The second kappa shape index (κ2) is 8.85. The number of aromatic nitrogens is 2. The fraction of sp³-hybridized carbons (Fsp3) is 0.529. The van der Waals surface area contributed by atoms with Crippen molar-refractivity contribution in [2.24, 2.45) is 0 Å². The lowest BCUT2D eigenvalue weighted by Gasteiger charge is -2.30. The number of benzene rings is 1. The summed E-state index contributed by atoms with van der Waals surface area (Å²) >= 11 is 0. The Morgan fingerprint density at radius 1 is 1.14 bits per heavy atom. The molecule has 1 aromatic heterocycles. The third kappa shape index (κ3) is 4.22. The molecule has 154 valence electrons. The molecule has 28 heavy (non-hydrogen) atoms. The van der Waals surface area contributed by atoms with E-state index in [2.05, 4.69) is 20.4 Å². The van der Waals surface area contributed by atoms with Crippen LogP contribution < -0.4 is 5.32 Å². The number of likely N-dealkylation sites (N-methyl/N-ethyl adjacent to an activating group) is 1. The first-order valence-electron chi connectivity index (χ1n) is 8.98. The van der Waals surface area contributed by atoms with Gasteiger partial charge in [-0.3, -0.25) is 4.90 Å². The van der Waals surface area contributed by atoms with E-state index < -0.39 is 10.0 Å². The lowest BCUT2D eigenvalue weighted by atomic mass is 10.2. The van der Waals surface area contributed by atoms with Gasteiger partial charge in [-0.25, -0.2) is 8.42 Å². The first-order chi connectivity index (χ1) is 13.1. The van der Waals surface area contributed by atoms with E-state index in [4.69, 9.17) is 9.26 Å². The quantitative estimate of drug-likeness (QED) is 0.760. The van der Waals surface area contributed by atoms with Gasteiger partial charge in [0.15, 0.2) is 5.82 Å². The molecular weight excluding hydrogens is 406 g/mol. The van der Waals surface area contributed by atoms with Crippen LogP contribution >= 0.6 is 12.4 Å². The molecule has 11 heteroatoms. The summed E-state index contributed by atoms with van der Waals surface area (Å²) in [5.74, 6) is 1.02. The smallest absolute Gasteiger partial charge is 0.257 e. The lowest BCUT2D eigenvalue weighted by molar-refractivity contribution is 0.0730. The Kier molecular flexibility index (Phi) is 6.69. The topological polar surface area (TPSA) is 101 Å². The third-order valence-electron chi connectivity index (χ3n) is 4.96. The monoisotopic (exact) mass is 429 g/mol. The van der Waals surface area contributed by atoms with Crippen LogP contribution in [0.4, 0.5) is 0 Å². The molecule has 0 amide bonds. The number of hydrogen-bond donors (Lipinski definition) is 1. The second-order valence-corrected chi connectivity index (χ2v) is 8.64. The van der Waals surface area contributed by atoms with Crippen molar-refractivity contribution < 1.29 is 17.7 Å². The van der Waals surface area contributed by atoms with Crippen molar-refractivity contribution in [1.29, 1.82) is 0 Å². The van der Waals surface area contributed by atoms with E-state index in [-0.39, 0.29) is 23.3 Å². The molecule has 2 fully saturated rings. The molecule has 4 rings (SSSR count). The van der Waals surface area contributed by atoms with E-state index in [0.717, 1.165) is 19.6 Å². The fourth-order valence-electron chi connectivity index (χ4n) is 3.29. The predicted octanol–water partition coefficient (Wildman–Crippen LogP) is 0.755. The maximum atomic E-state index is 12.7. The van der Waals surface area contributed by atoms with Gasteiger partial charge in [-0.1, -0.05) is 5.16 Å². The number of rotatable bonds is 4. The number of sulfonamides is 1. The lowest BCUT2D eigenvalue weighted by Crippen LogP contribution is -2.44. The molecule has 9 nitrogen and oxygen atoms in total. The summed E-state index contributed by atoms with van der Waals surface area (Å²) in [5.41, 5.74) is 0.695. The normalized spacial score (nSPS) is 22.0. The van der Waals surface area contributed by atoms with Gasteiger partial charge in [-0.2, -0.15) is 9.29 Å². The van der Waals surface area contributed by atoms with Gasteiger partial charge < -0.3 is 14.6 Å². The number of hydrogen-bond acceptors (Lipinski definition) is 8. The van der Waals surface area contributed by atoms with E-state index >= 15 is 0 Å². The van der Waals surface area contributed by atoms with Gasteiger partial charge in [-0.05, 0) is 31.3 Å². The largest absolute Gasteiger partial charge is 0.379 e. The van der Waals surface area contributed by atoms with Crippen LogP contribution in [0.1, 0.15) is 11.9 Å². The van der Waals surface area contributed by atoms with Crippen LogP contribution in [0, 0.1) is 0 Å². The van der Waals surface area contributed by atoms with E-state index in [1.54, 1.807) is 24.3 Å². The number of morpholine rings is 1. The van der Waals surface area contributed by atoms with Crippen molar-refractivity contribution in [2.45, 2.75) is 10.9 Å². The predicted molar refractivity (Wildman–Crippen MR) is 105 cm³/mol. The van der Waals surface area contributed by atoms with E-state index in [0.29, 0.717) is 43.6 Å². The van der Waals surface area contributed by atoms with Crippen molar-refractivity contribution in [3.8, 4) is 11.5 Å². The second-order valence-electron chi connectivity index (χ2n) is 6.70. The average Bonchev–Trinajstić information content (AvgIpc) is 3.19. The minimum atomic E-state index is -3.51. The Bertz CT molecular complexity index is 883. The Morgan fingerprint density at radius 3 is 2.54 bits per heavy atom. The molecular formula is C17H24ClN5O4S. The Balaban J connectivity index is 0.00000225. The van der Waals surface area contributed by atoms with Gasteiger partial charge in [0.1, 0.15) is 0 Å². The zero-order chi connectivity index (χ0) is 18.9. The molecule has 1 aromatic carbocycles. The van der Waals surface area contributed by atoms with E-state index in [1.165, 1.54) is 4.31 Å². The SMILES string of the molecule is CN1CCNCC1c1noc(-c2ccc(S(=O)(=O)N3CCOCC3)cc2)n1.Cl. The van der Waals surface area contributed by atoms with Crippen molar-refractivity contribution in [1.82, 2.24) is 24.7 Å². The molecule has 0 radical (unpaired) electrons. The highest BCUT2D eigenvalue weighted by Crippen LogP contribution is 2.25. The first-order valence-corrected chi connectivity index (χ1v) is 10.4. The van der Waals surface area contributed by atoms with E-state index in [9.17, 15) is 8.42 Å². The van der Waals surface area contributed by atoms with Crippen LogP contribution in [-0.4, -0.2) is 80.7 Å². The molecule has 0 aliphatic carbocycles. The van der Waals surface area contributed by atoms with Crippen molar-refractivity contribution in [3.63, 3.8) is 0 Å². The summed E-state index contributed by atoms with van der Waals surface area (Å²) in [6.07, 6.45) is 0. The number of piperazine rings is 1. The van der Waals surface area contributed by atoms with Crippen molar-refractivity contribution >= 4 is 22.4 Å². The molecule has 2 aliphatic rings. The maximum Gasteiger partial charge on any atom is 0.257 e. The minimum absolute atomic E-state index is 0. The molecule has 1 atom stereocenters. The zero-order valence-corrected chi connectivity index (χ0v) is 17.2. The summed E-state index contributed by atoms with van der Waals surface area (Å²) in [7, 11) is -1.47. The summed E-state index contributed by atoms with van der Waals surface area (Å²) in [5, 5.41) is 7.43. The zero-order valence-electron chi connectivity index (χ0n) is 15.6. The van der Waals surface area contributed by atoms with Crippen LogP contribution in [0.2, 0.25) is 0 Å². The number of halogens is 1. The molecule has 2 saturated heterocycles. The summed E-state index contributed by atoms with van der Waals surface area (Å²) in [6, 6.07) is 6.63. The molecule has 1 N–H and O–H groups in total. The fourth-order valence-corrected chi connectivity index (χ4v) is 4.70. The third-order valence-corrected chi connectivity index (χ3v) is 6.87. The van der Waals surface area contributed by atoms with E-state index in [1.807, 2.05) is 7.05 Å². The summed E-state index contributed by atoms with van der Waals surface area (Å²) in [4.78, 5) is 6.94. The highest BCUT2D eigenvalue weighted by molar-refractivity contribution is 7.89. The first kappa shape index (κ1) is 21.2. The summed E-state index contributed by atoms with van der Waals surface area (Å²) < 4.78 is 37.5. The molecule has 2 aromatic rings. The Hall–Kier alpha value is -1.56. The highest BCUT2D eigenvalue weighted by Gasteiger charge is 2.27. The standard InChI is InChI=1S/C17H23N5O4S.ClH/c1-21-7-6-18-12-15(21)16-19-17(26-20-16)13-2-4-14(5-3-13)27(23,24)22-8-10-25-11-9-22;/h2-5,15,18H,6-12H2,1H3;1H. The summed E-state index contributed by atoms with van der Waals surface area (Å²) in [6.45, 7) is 4.23. The molecule has 2 aliphatic heterocycles. The minimum Gasteiger partial charge on any atom is -0.379 e. The van der Waals surface area contributed by atoms with Gasteiger partial charge in [0, 0.05) is 38.3 Å². The number of nitrogens with one attached hydrogen (secondary N) is 1. The number of ether oxygens (including phenoxy) is 1. The molecule has 0 spiro atoms. The van der Waals surface area contributed by atoms with Crippen molar-refractivity contribution in [3.05, 3.63) is 30.1 Å².